The zero-order valence-corrected chi connectivity index (χ0v) is 19.1. The van der Waals surface area contributed by atoms with Crippen molar-refractivity contribution in [1.82, 2.24) is 19.8 Å². The summed E-state index contributed by atoms with van der Waals surface area (Å²) in [7, 11) is 0. The van der Waals surface area contributed by atoms with Crippen molar-refractivity contribution in [3.05, 3.63) is 70.1 Å². The Morgan fingerprint density at radius 3 is 2.73 bits per heavy atom. The molecule has 2 aromatic heterocycles. The fourth-order valence-electron chi connectivity index (χ4n) is 4.64. The highest BCUT2D eigenvalue weighted by molar-refractivity contribution is 6.30. The molecule has 0 unspecified atom stereocenters. The molecule has 2 aliphatic rings. The molecule has 33 heavy (non-hydrogen) atoms. The summed E-state index contributed by atoms with van der Waals surface area (Å²) in [5.74, 6) is 0.114. The van der Waals surface area contributed by atoms with Gasteiger partial charge >= 0.3 is 0 Å². The van der Waals surface area contributed by atoms with Gasteiger partial charge in [-0.3, -0.25) is 24.5 Å². The lowest BCUT2D eigenvalue weighted by atomic mass is 9.94. The summed E-state index contributed by atoms with van der Waals surface area (Å²) >= 11 is 6.00. The number of ketones is 1. The minimum Gasteiger partial charge on any atom is -0.378 e. The predicted octanol–water partition coefficient (Wildman–Crippen LogP) is 2.93. The van der Waals surface area contributed by atoms with E-state index in [1.807, 2.05) is 29.2 Å². The molecular weight excluding hydrogens is 440 g/mol. The minimum absolute atomic E-state index is 0.0197. The zero-order valence-electron chi connectivity index (χ0n) is 18.3. The number of amides is 1. The molecule has 0 spiro atoms. The van der Waals surface area contributed by atoms with E-state index in [-0.39, 0.29) is 18.1 Å². The van der Waals surface area contributed by atoms with Gasteiger partial charge in [0.25, 0.3) is 5.91 Å². The Bertz CT molecular complexity index is 1210. The van der Waals surface area contributed by atoms with Gasteiger partial charge in [0.1, 0.15) is 0 Å². The number of halogens is 1. The largest absolute Gasteiger partial charge is 0.378 e. The average molecular weight is 465 g/mol. The Morgan fingerprint density at radius 1 is 1.09 bits per heavy atom. The molecule has 0 N–H and O–H groups in total. The molecule has 170 valence electrons. The van der Waals surface area contributed by atoms with Gasteiger partial charge in [-0.1, -0.05) is 29.8 Å². The molecule has 1 amide bonds. The first-order valence-electron chi connectivity index (χ1n) is 11.2. The predicted molar refractivity (Wildman–Crippen MR) is 125 cm³/mol. The van der Waals surface area contributed by atoms with E-state index < -0.39 is 0 Å². The number of para-hydroxylation sites is 1. The number of nitrogens with zero attached hydrogens (tertiary/aromatic N) is 4. The van der Waals surface area contributed by atoms with Crippen molar-refractivity contribution in [3.8, 4) is 0 Å². The molecule has 7 nitrogen and oxygen atoms in total. The van der Waals surface area contributed by atoms with Crippen LogP contribution < -0.4 is 0 Å². The second-order valence-electron chi connectivity index (χ2n) is 8.52. The van der Waals surface area contributed by atoms with Crippen LogP contribution in [0.15, 0.2) is 42.7 Å². The van der Waals surface area contributed by atoms with E-state index in [4.69, 9.17) is 21.3 Å². The molecule has 8 heteroatoms. The lowest BCUT2D eigenvalue weighted by Crippen LogP contribution is -2.42. The van der Waals surface area contributed by atoms with Gasteiger partial charge in [0.2, 0.25) is 0 Å². The third kappa shape index (κ3) is 4.76. The maximum Gasteiger partial charge on any atom is 0.255 e. The zero-order chi connectivity index (χ0) is 22.8. The van der Waals surface area contributed by atoms with Crippen LogP contribution in [0.25, 0.3) is 10.9 Å². The Kier molecular flexibility index (Phi) is 6.35. The Labute approximate surface area is 197 Å². The van der Waals surface area contributed by atoms with Crippen LogP contribution in [0.2, 0.25) is 5.02 Å². The van der Waals surface area contributed by atoms with Gasteiger partial charge in [-0.25, -0.2) is 0 Å². The van der Waals surface area contributed by atoms with Crippen molar-refractivity contribution >= 4 is 34.2 Å². The van der Waals surface area contributed by atoms with E-state index in [0.29, 0.717) is 56.4 Å². The molecule has 0 atom stereocenters. The first kappa shape index (κ1) is 21.9. The molecule has 0 aliphatic carbocycles. The standard InChI is InChI=1S/C25H25ClN4O3/c26-18-11-17(13-27-14-18)12-19(31)15-29-6-5-23-21(16-29)24(20-3-1-2-4-22(20)28-23)25(32)30-7-9-33-10-8-30/h1-4,11,13-14H,5-10,12,15-16H2. The molecule has 4 heterocycles. The monoisotopic (exact) mass is 464 g/mol. The summed E-state index contributed by atoms with van der Waals surface area (Å²) in [6.07, 6.45) is 4.22. The smallest absolute Gasteiger partial charge is 0.255 e. The number of hydrogen-bond donors (Lipinski definition) is 0. The molecule has 1 fully saturated rings. The van der Waals surface area contributed by atoms with E-state index in [1.165, 1.54) is 0 Å². The number of rotatable bonds is 5. The molecule has 1 aromatic carbocycles. The third-order valence-electron chi connectivity index (χ3n) is 6.20. The van der Waals surface area contributed by atoms with Crippen LogP contribution in [0.4, 0.5) is 0 Å². The van der Waals surface area contributed by atoms with E-state index >= 15 is 0 Å². The van der Waals surface area contributed by atoms with Gasteiger partial charge < -0.3 is 9.64 Å². The maximum atomic E-state index is 13.6. The number of hydrogen-bond acceptors (Lipinski definition) is 6. The first-order valence-corrected chi connectivity index (χ1v) is 11.6. The van der Waals surface area contributed by atoms with Crippen LogP contribution in [0, 0.1) is 0 Å². The Morgan fingerprint density at radius 2 is 1.91 bits per heavy atom. The number of pyridine rings is 2. The highest BCUT2D eigenvalue weighted by Crippen LogP contribution is 2.29. The van der Waals surface area contributed by atoms with Crippen LogP contribution >= 0.6 is 11.6 Å². The Balaban J connectivity index is 1.42. The maximum absolute atomic E-state index is 13.6. The summed E-state index contributed by atoms with van der Waals surface area (Å²) in [6.45, 7) is 3.83. The number of ether oxygens (including phenoxy) is 1. The first-order chi connectivity index (χ1) is 16.1. The van der Waals surface area contributed by atoms with Gasteiger partial charge in [-0.05, 0) is 17.7 Å². The topological polar surface area (TPSA) is 75.6 Å². The van der Waals surface area contributed by atoms with Gasteiger partial charge in [0, 0.05) is 68.1 Å². The average Bonchev–Trinajstić information content (AvgIpc) is 2.82. The van der Waals surface area contributed by atoms with Crippen molar-refractivity contribution in [2.45, 2.75) is 19.4 Å². The van der Waals surface area contributed by atoms with Crippen molar-refractivity contribution < 1.29 is 14.3 Å². The van der Waals surface area contributed by atoms with Crippen LogP contribution in [0.5, 0.6) is 0 Å². The summed E-state index contributed by atoms with van der Waals surface area (Å²) in [5.41, 5.74) is 4.25. The number of Topliss-reactive ketones (excluding diaryl/α,β-unsaturated/α-hetero) is 1. The molecule has 2 aliphatic heterocycles. The molecule has 3 aromatic rings. The van der Waals surface area contributed by atoms with Gasteiger partial charge in [-0.15, -0.1) is 0 Å². The number of benzene rings is 1. The molecule has 1 saturated heterocycles. The quantitative estimate of drug-likeness (QED) is 0.578. The van der Waals surface area contributed by atoms with E-state index in [9.17, 15) is 9.59 Å². The van der Waals surface area contributed by atoms with Gasteiger partial charge in [-0.2, -0.15) is 0 Å². The normalized spacial score (nSPS) is 16.6. The highest BCUT2D eigenvalue weighted by Gasteiger charge is 2.29. The molecular formula is C25H25ClN4O3. The van der Waals surface area contributed by atoms with E-state index in [2.05, 4.69) is 9.88 Å². The number of morpholine rings is 1. The highest BCUT2D eigenvalue weighted by atomic mass is 35.5. The summed E-state index contributed by atoms with van der Waals surface area (Å²) in [4.78, 5) is 39.3. The van der Waals surface area contributed by atoms with Crippen molar-refractivity contribution in [3.63, 3.8) is 0 Å². The van der Waals surface area contributed by atoms with E-state index in [1.54, 1.807) is 18.5 Å². The third-order valence-corrected chi connectivity index (χ3v) is 6.41. The number of fused-ring (bicyclic) bond motifs is 2. The van der Waals surface area contributed by atoms with Crippen LogP contribution in [-0.2, 0) is 28.9 Å². The second-order valence-corrected chi connectivity index (χ2v) is 8.96. The molecule has 0 saturated carbocycles. The second kappa shape index (κ2) is 9.55. The van der Waals surface area contributed by atoms with Gasteiger partial charge in [0.05, 0.1) is 35.9 Å². The molecule has 5 rings (SSSR count). The molecule has 0 radical (unpaired) electrons. The number of aromatic nitrogens is 2. The fourth-order valence-corrected chi connectivity index (χ4v) is 4.83. The van der Waals surface area contributed by atoms with Gasteiger partial charge in [0.15, 0.2) is 5.78 Å². The van der Waals surface area contributed by atoms with Crippen molar-refractivity contribution in [2.75, 3.05) is 39.4 Å². The summed E-state index contributed by atoms with van der Waals surface area (Å²) < 4.78 is 5.44. The van der Waals surface area contributed by atoms with Crippen molar-refractivity contribution in [2.24, 2.45) is 0 Å². The lowest BCUT2D eigenvalue weighted by Gasteiger charge is -2.32. The SMILES string of the molecule is O=C(Cc1cncc(Cl)c1)CN1CCc2nc3ccccc3c(C(=O)N3CCOCC3)c2C1. The summed E-state index contributed by atoms with van der Waals surface area (Å²) in [5, 5.41) is 1.39. The lowest BCUT2D eigenvalue weighted by molar-refractivity contribution is -0.119. The van der Waals surface area contributed by atoms with Crippen LogP contribution in [0.3, 0.4) is 0 Å². The number of carbonyl (C=O) groups is 2. The Hall–Kier alpha value is -2.87. The van der Waals surface area contributed by atoms with E-state index in [0.717, 1.165) is 34.3 Å². The fraction of sp³-hybridized carbons (Fsp3) is 0.360. The van der Waals surface area contributed by atoms with Crippen LogP contribution in [0.1, 0.15) is 27.2 Å². The van der Waals surface area contributed by atoms with Crippen LogP contribution in [-0.4, -0.2) is 70.9 Å². The minimum atomic E-state index is 0.0197. The molecule has 0 bridgehead atoms. The van der Waals surface area contributed by atoms with Crippen molar-refractivity contribution in [1.29, 1.82) is 0 Å². The number of carbonyl (C=O) groups excluding carboxylic acids is 2. The summed E-state index contributed by atoms with van der Waals surface area (Å²) in [6, 6.07) is 9.58.